The Bertz CT molecular complexity index is 774. The van der Waals surface area contributed by atoms with Crippen LogP contribution in [-0.2, 0) is 13.2 Å². The number of halogens is 1. The van der Waals surface area contributed by atoms with Gasteiger partial charge in [-0.2, -0.15) is 0 Å². The molecule has 4 heteroatoms. The van der Waals surface area contributed by atoms with E-state index < -0.39 is 0 Å². The highest BCUT2D eigenvalue weighted by atomic mass is 19.1. The fourth-order valence-corrected chi connectivity index (χ4v) is 2.36. The Kier molecular flexibility index (Phi) is 3.79. The molecule has 2 aromatic carbocycles. The van der Waals surface area contributed by atoms with E-state index >= 15 is 0 Å². The highest BCUT2D eigenvalue weighted by molar-refractivity contribution is 5.82. The first kappa shape index (κ1) is 13.5. The summed E-state index contributed by atoms with van der Waals surface area (Å²) < 4.78 is 13.8. The molecule has 0 unspecified atom stereocenters. The lowest BCUT2D eigenvalue weighted by molar-refractivity contribution is 0.282. The first-order valence-electron chi connectivity index (χ1n) is 6.74. The Morgan fingerprint density at radius 2 is 1.86 bits per heavy atom. The van der Waals surface area contributed by atoms with Crippen molar-refractivity contribution in [1.29, 1.82) is 0 Å². The minimum atomic E-state index is -0.266. The summed E-state index contributed by atoms with van der Waals surface area (Å²) in [4.78, 5) is 4.27. The van der Waals surface area contributed by atoms with Gasteiger partial charge >= 0.3 is 0 Å². The normalized spacial score (nSPS) is 10.8. The number of benzene rings is 2. The summed E-state index contributed by atoms with van der Waals surface area (Å²) >= 11 is 0. The number of rotatable bonds is 4. The molecule has 0 atom stereocenters. The number of nitrogens with zero attached hydrogens (tertiary/aromatic N) is 1. The van der Waals surface area contributed by atoms with Crippen LogP contribution in [0.25, 0.3) is 10.9 Å². The third-order valence-corrected chi connectivity index (χ3v) is 3.46. The molecule has 0 radical (unpaired) electrons. The number of aliphatic hydroxyl groups is 1. The molecule has 106 valence electrons. The van der Waals surface area contributed by atoms with Crippen molar-refractivity contribution in [3.8, 4) is 0 Å². The summed E-state index contributed by atoms with van der Waals surface area (Å²) in [5.74, 6) is -0.266. The van der Waals surface area contributed by atoms with Gasteiger partial charge in [-0.05, 0) is 29.8 Å². The maximum atomic E-state index is 13.8. The van der Waals surface area contributed by atoms with Crippen LogP contribution >= 0.6 is 0 Å². The number of aliphatic hydroxyl groups excluding tert-OH is 1. The second-order valence-electron chi connectivity index (χ2n) is 4.77. The van der Waals surface area contributed by atoms with Crippen molar-refractivity contribution in [3.05, 3.63) is 71.7 Å². The van der Waals surface area contributed by atoms with Crippen molar-refractivity contribution in [2.75, 3.05) is 5.32 Å². The van der Waals surface area contributed by atoms with Crippen LogP contribution < -0.4 is 5.32 Å². The Morgan fingerprint density at radius 1 is 1.00 bits per heavy atom. The molecule has 0 bridgehead atoms. The molecule has 3 rings (SSSR count). The molecule has 0 saturated heterocycles. The Morgan fingerprint density at radius 3 is 2.71 bits per heavy atom. The third kappa shape index (κ3) is 2.71. The van der Waals surface area contributed by atoms with E-state index in [1.807, 2.05) is 24.3 Å². The topological polar surface area (TPSA) is 45.1 Å². The SMILES string of the molecule is OCc1ccccc1NCc1ccc(F)c2cccnc12. The van der Waals surface area contributed by atoms with Crippen molar-refractivity contribution in [2.24, 2.45) is 0 Å². The number of pyridine rings is 1. The van der Waals surface area contributed by atoms with Crippen LogP contribution in [0.5, 0.6) is 0 Å². The zero-order chi connectivity index (χ0) is 14.7. The van der Waals surface area contributed by atoms with Crippen LogP contribution in [0.2, 0.25) is 0 Å². The smallest absolute Gasteiger partial charge is 0.132 e. The molecule has 0 saturated carbocycles. The molecule has 3 nitrogen and oxygen atoms in total. The van der Waals surface area contributed by atoms with Crippen molar-refractivity contribution in [2.45, 2.75) is 13.2 Å². The van der Waals surface area contributed by atoms with Crippen molar-refractivity contribution in [1.82, 2.24) is 4.98 Å². The van der Waals surface area contributed by atoms with E-state index in [4.69, 9.17) is 0 Å². The molecular weight excluding hydrogens is 267 g/mol. The first-order chi connectivity index (χ1) is 10.3. The summed E-state index contributed by atoms with van der Waals surface area (Å²) in [6.45, 7) is 0.496. The molecule has 0 amide bonds. The van der Waals surface area contributed by atoms with Gasteiger partial charge < -0.3 is 10.4 Å². The maximum absolute atomic E-state index is 13.8. The lowest BCUT2D eigenvalue weighted by Gasteiger charge is -2.12. The molecular formula is C17H15FN2O. The molecule has 1 heterocycles. The fourth-order valence-electron chi connectivity index (χ4n) is 2.36. The average molecular weight is 282 g/mol. The van der Waals surface area contributed by atoms with Gasteiger partial charge in [0.15, 0.2) is 0 Å². The molecule has 0 aliphatic carbocycles. The molecule has 2 N–H and O–H groups in total. The van der Waals surface area contributed by atoms with Gasteiger partial charge in [-0.25, -0.2) is 4.39 Å². The van der Waals surface area contributed by atoms with Gasteiger partial charge in [0.25, 0.3) is 0 Å². The molecule has 3 aromatic rings. The number of nitrogens with one attached hydrogen (secondary N) is 1. The molecule has 1 aromatic heterocycles. The predicted octanol–water partition coefficient (Wildman–Crippen LogP) is 3.48. The number of hydrogen-bond donors (Lipinski definition) is 2. The maximum Gasteiger partial charge on any atom is 0.132 e. The Hall–Kier alpha value is -2.46. The number of para-hydroxylation sites is 1. The van der Waals surface area contributed by atoms with E-state index in [9.17, 15) is 9.50 Å². The van der Waals surface area contributed by atoms with Gasteiger partial charge in [0, 0.05) is 29.4 Å². The predicted molar refractivity (Wildman–Crippen MR) is 81.4 cm³/mol. The van der Waals surface area contributed by atoms with Crippen LogP contribution in [0.3, 0.4) is 0 Å². The summed E-state index contributed by atoms with van der Waals surface area (Å²) in [5, 5.41) is 13.1. The number of fused-ring (bicyclic) bond motifs is 1. The number of aromatic nitrogens is 1. The van der Waals surface area contributed by atoms with Gasteiger partial charge in [0.1, 0.15) is 5.82 Å². The third-order valence-electron chi connectivity index (χ3n) is 3.46. The summed E-state index contributed by atoms with van der Waals surface area (Å²) in [6, 6.07) is 14.2. The van der Waals surface area contributed by atoms with E-state index in [1.165, 1.54) is 6.07 Å². The largest absolute Gasteiger partial charge is 0.392 e. The van der Waals surface area contributed by atoms with E-state index in [2.05, 4.69) is 10.3 Å². The van der Waals surface area contributed by atoms with E-state index in [0.29, 0.717) is 17.4 Å². The Balaban J connectivity index is 1.91. The van der Waals surface area contributed by atoms with Crippen molar-refractivity contribution < 1.29 is 9.50 Å². The summed E-state index contributed by atoms with van der Waals surface area (Å²) in [6.07, 6.45) is 1.66. The van der Waals surface area contributed by atoms with Gasteiger partial charge in [-0.1, -0.05) is 24.3 Å². The van der Waals surface area contributed by atoms with Gasteiger partial charge in [0.2, 0.25) is 0 Å². The highest BCUT2D eigenvalue weighted by Gasteiger charge is 2.07. The number of anilines is 1. The van der Waals surface area contributed by atoms with E-state index in [1.54, 1.807) is 24.4 Å². The molecule has 0 aliphatic heterocycles. The lowest BCUT2D eigenvalue weighted by Crippen LogP contribution is -2.04. The zero-order valence-electron chi connectivity index (χ0n) is 11.4. The van der Waals surface area contributed by atoms with Crippen LogP contribution in [0.4, 0.5) is 10.1 Å². The Labute approximate surface area is 122 Å². The summed E-state index contributed by atoms with van der Waals surface area (Å²) in [5.41, 5.74) is 3.27. The van der Waals surface area contributed by atoms with E-state index in [-0.39, 0.29) is 12.4 Å². The van der Waals surface area contributed by atoms with Crippen LogP contribution in [0.15, 0.2) is 54.7 Å². The lowest BCUT2D eigenvalue weighted by atomic mass is 10.1. The zero-order valence-corrected chi connectivity index (χ0v) is 11.4. The van der Waals surface area contributed by atoms with Crippen LogP contribution in [-0.4, -0.2) is 10.1 Å². The van der Waals surface area contributed by atoms with Gasteiger partial charge in [-0.15, -0.1) is 0 Å². The first-order valence-corrected chi connectivity index (χ1v) is 6.74. The minimum Gasteiger partial charge on any atom is -0.392 e. The average Bonchev–Trinajstić information content (AvgIpc) is 2.55. The molecule has 0 aliphatic rings. The van der Waals surface area contributed by atoms with Crippen molar-refractivity contribution >= 4 is 16.6 Å². The van der Waals surface area contributed by atoms with E-state index in [0.717, 1.165) is 16.8 Å². The quantitative estimate of drug-likeness (QED) is 0.770. The van der Waals surface area contributed by atoms with Gasteiger partial charge in [-0.3, -0.25) is 4.98 Å². The van der Waals surface area contributed by atoms with Crippen LogP contribution in [0, 0.1) is 5.82 Å². The molecule has 0 spiro atoms. The monoisotopic (exact) mass is 282 g/mol. The molecule has 0 fully saturated rings. The highest BCUT2D eigenvalue weighted by Crippen LogP contribution is 2.22. The number of hydrogen-bond acceptors (Lipinski definition) is 3. The second-order valence-corrected chi connectivity index (χ2v) is 4.77. The summed E-state index contributed by atoms with van der Waals surface area (Å²) in [7, 11) is 0. The van der Waals surface area contributed by atoms with Gasteiger partial charge in [0.05, 0.1) is 12.1 Å². The van der Waals surface area contributed by atoms with Crippen molar-refractivity contribution in [3.63, 3.8) is 0 Å². The minimum absolute atomic E-state index is 0.0222. The van der Waals surface area contributed by atoms with Crippen LogP contribution in [0.1, 0.15) is 11.1 Å². The fraction of sp³-hybridized carbons (Fsp3) is 0.118. The second kappa shape index (κ2) is 5.89. The standard InChI is InChI=1S/C17H15FN2O/c18-15-8-7-12(17-14(15)5-3-9-19-17)10-20-16-6-2-1-4-13(16)11-21/h1-9,20-21H,10-11H2. The molecule has 21 heavy (non-hydrogen) atoms.